The molecular weight excluding hydrogens is 275 g/mol. The maximum absolute atomic E-state index is 11.9. The number of primary amides is 1. The van der Waals surface area contributed by atoms with Gasteiger partial charge >= 0.3 is 0 Å². The van der Waals surface area contributed by atoms with E-state index in [2.05, 4.69) is 5.32 Å². The smallest absolute Gasteiger partial charge is 0.253 e. The second-order valence-electron chi connectivity index (χ2n) is 4.22. The van der Waals surface area contributed by atoms with Crippen molar-refractivity contribution in [1.82, 2.24) is 5.32 Å². The number of nitrogens with two attached hydrogens (primary N) is 1. The van der Waals surface area contributed by atoms with E-state index in [9.17, 15) is 9.59 Å². The Labute approximate surface area is 115 Å². The van der Waals surface area contributed by atoms with Gasteiger partial charge in [0.05, 0.1) is 10.6 Å². The van der Waals surface area contributed by atoms with Crippen LogP contribution < -0.4 is 11.1 Å². The third kappa shape index (κ3) is 3.62. The Hall–Kier alpha value is -1.26. The van der Waals surface area contributed by atoms with Crippen LogP contribution in [0.25, 0.3) is 0 Å². The van der Waals surface area contributed by atoms with E-state index in [-0.39, 0.29) is 16.5 Å². The van der Waals surface area contributed by atoms with Crippen molar-refractivity contribution in [2.45, 2.75) is 19.9 Å². The van der Waals surface area contributed by atoms with Gasteiger partial charge in [-0.05, 0) is 24.1 Å². The summed E-state index contributed by atoms with van der Waals surface area (Å²) < 4.78 is 0. The minimum Gasteiger partial charge on any atom is -0.368 e. The summed E-state index contributed by atoms with van der Waals surface area (Å²) in [6.45, 7) is 3.58. The van der Waals surface area contributed by atoms with Crippen LogP contribution in [-0.2, 0) is 4.79 Å². The average Bonchev–Trinajstić information content (AvgIpc) is 2.24. The largest absolute Gasteiger partial charge is 0.368 e. The lowest BCUT2D eigenvalue weighted by molar-refractivity contribution is -0.120. The molecule has 0 heterocycles. The average molecular weight is 289 g/mol. The molecule has 18 heavy (non-hydrogen) atoms. The fourth-order valence-corrected chi connectivity index (χ4v) is 1.95. The third-order valence-electron chi connectivity index (χ3n) is 2.44. The van der Waals surface area contributed by atoms with Gasteiger partial charge in [0.25, 0.3) is 5.91 Å². The Morgan fingerprint density at radius 1 is 1.28 bits per heavy atom. The first-order chi connectivity index (χ1) is 8.32. The number of rotatable bonds is 4. The SMILES string of the molecule is CC(C)C(NC(=O)c1ccc(Cl)cc1Cl)C(N)=O. The van der Waals surface area contributed by atoms with Crippen LogP contribution in [-0.4, -0.2) is 17.9 Å². The van der Waals surface area contributed by atoms with Gasteiger partial charge in [-0.25, -0.2) is 0 Å². The molecule has 0 saturated carbocycles. The summed E-state index contributed by atoms with van der Waals surface area (Å²) in [7, 11) is 0. The number of hydrogen-bond acceptors (Lipinski definition) is 2. The number of carbonyl (C=O) groups is 2. The number of nitrogens with one attached hydrogen (secondary N) is 1. The fourth-order valence-electron chi connectivity index (χ4n) is 1.46. The highest BCUT2D eigenvalue weighted by molar-refractivity contribution is 6.36. The summed E-state index contributed by atoms with van der Waals surface area (Å²) in [5, 5.41) is 3.22. The Morgan fingerprint density at radius 2 is 1.89 bits per heavy atom. The van der Waals surface area contributed by atoms with Crippen molar-refractivity contribution in [3.05, 3.63) is 33.8 Å². The van der Waals surface area contributed by atoms with Crippen molar-refractivity contribution in [3.63, 3.8) is 0 Å². The van der Waals surface area contributed by atoms with E-state index in [1.807, 2.05) is 0 Å². The second kappa shape index (κ2) is 6.07. The van der Waals surface area contributed by atoms with Gasteiger partial charge in [-0.15, -0.1) is 0 Å². The number of halogens is 2. The van der Waals surface area contributed by atoms with Gasteiger partial charge in [0.1, 0.15) is 6.04 Å². The van der Waals surface area contributed by atoms with Crippen LogP contribution in [0.2, 0.25) is 10.0 Å². The molecule has 0 spiro atoms. The van der Waals surface area contributed by atoms with Gasteiger partial charge in [0.2, 0.25) is 5.91 Å². The summed E-state index contributed by atoms with van der Waals surface area (Å²) in [5.74, 6) is -1.13. The maximum atomic E-state index is 11.9. The van der Waals surface area contributed by atoms with Gasteiger partial charge in [0, 0.05) is 5.02 Å². The predicted octanol–water partition coefficient (Wildman–Crippen LogP) is 2.23. The highest BCUT2D eigenvalue weighted by atomic mass is 35.5. The van der Waals surface area contributed by atoms with Crippen LogP contribution in [0.15, 0.2) is 18.2 Å². The zero-order chi connectivity index (χ0) is 13.9. The molecular formula is C12H14Cl2N2O2. The first-order valence-corrected chi connectivity index (χ1v) is 6.13. The molecule has 2 amide bonds. The molecule has 1 aromatic rings. The molecule has 0 bridgehead atoms. The summed E-state index contributed by atoms with van der Waals surface area (Å²) in [4.78, 5) is 23.1. The number of benzene rings is 1. The van der Waals surface area contributed by atoms with E-state index in [4.69, 9.17) is 28.9 Å². The normalized spacial score (nSPS) is 12.3. The van der Waals surface area contributed by atoms with Gasteiger partial charge < -0.3 is 11.1 Å². The lowest BCUT2D eigenvalue weighted by atomic mass is 10.0. The van der Waals surface area contributed by atoms with E-state index in [1.165, 1.54) is 12.1 Å². The summed E-state index contributed by atoms with van der Waals surface area (Å²) in [6.07, 6.45) is 0. The number of hydrogen-bond donors (Lipinski definition) is 2. The standard InChI is InChI=1S/C12H14Cl2N2O2/c1-6(2)10(11(15)17)16-12(18)8-4-3-7(13)5-9(8)14/h3-6,10H,1-2H3,(H2,15,17)(H,16,18). The molecule has 1 aromatic carbocycles. The van der Waals surface area contributed by atoms with Crippen molar-refractivity contribution in [1.29, 1.82) is 0 Å². The van der Waals surface area contributed by atoms with Gasteiger partial charge in [-0.1, -0.05) is 37.0 Å². The Bertz CT molecular complexity index is 475. The van der Waals surface area contributed by atoms with Crippen LogP contribution >= 0.6 is 23.2 Å². The van der Waals surface area contributed by atoms with Crippen LogP contribution in [0.4, 0.5) is 0 Å². The molecule has 0 aliphatic heterocycles. The minimum absolute atomic E-state index is 0.0995. The van der Waals surface area contributed by atoms with Crippen LogP contribution in [0, 0.1) is 5.92 Å². The van der Waals surface area contributed by atoms with Crippen molar-refractivity contribution >= 4 is 35.0 Å². The fraction of sp³-hybridized carbons (Fsp3) is 0.333. The Morgan fingerprint density at radius 3 is 2.33 bits per heavy atom. The van der Waals surface area contributed by atoms with Crippen LogP contribution in [0.3, 0.4) is 0 Å². The van der Waals surface area contributed by atoms with Crippen molar-refractivity contribution in [3.8, 4) is 0 Å². The van der Waals surface area contributed by atoms with E-state index in [0.717, 1.165) is 0 Å². The quantitative estimate of drug-likeness (QED) is 0.892. The van der Waals surface area contributed by atoms with Gasteiger partial charge in [-0.3, -0.25) is 9.59 Å². The maximum Gasteiger partial charge on any atom is 0.253 e. The molecule has 1 atom stereocenters. The highest BCUT2D eigenvalue weighted by Crippen LogP contribution is 2.21. The molecule has 0 saturated heterocycles. The molecule has 1 unspecified atom stereocenters. The summed E-state index contributed by atoms with van der Waals surface area (Å²) >= 11 is 11.6. The lowest BCUT2D eigenvalue weighted by Crippen LogP contribution is -2.47. The molecule has 6 heteroatoms. The monoisotopic (exact) mass is 288 g/mol. The minimum atomic E-state index is -0.732. The van der Waals surface area contributed by atoms with Gasteiger partial charge in [-0.2, -0.15) is 0 Å². The molecule has 0 aromatic heterocycles. The van der Waals surface area contributed by atoms with Crippen molar-refractivity contribution < 1.29 is 9.59 Å². The Kier molecular flexibility index (Phi) is 4.99. The molecule has 0 aliphatic carbocycles. The first-order valence-electron chi connectivity index (χ1n) is 5.38. The number of carbonyl (C=O) groups excluding carboxylic acids is 2. The molecule has 0 fully saturated rings. The van der Waals surface area contributed by atoms with Crippen molar-refractivity contribution in [2.24, 2.45) is 11.7 Å². The van der Waals surface area contributed by atoms with Crippen molar-refractivity contribution in [2.75, 3.05) is 0 Å². The zero-order valence-corrected chi connectivity index (χ0v) is 11.5. The first kappa shape index (κ1) is 14.8. The number of amides is 2. The van der Waals surface area contributed by atoms with Crippen LogP contribution in [0.5, 0.6) is 0 Å². The zero-order valence-electron chi connectivity index (χ0n) is 10.0. The topological polar surface area (TPSA) is 72.2 Å². The highest BCUT2D eigenvalue weighted by Gasteiger charge is 2.23. The molecule has 1 rings (SSSR count). The summed E-state index contributed by atoms with van der Waals surface area (Å²) in [5.41, 5.74) is 5.48. The molecule has 4 nitrogen and oxygen atoms in total. The predicted molar refractivity (Wildman–Crippen MR) is 71.7 cm³/mol. The van der Waals surface area contributed by atoms with E-state index in [1.54, 1.807) is 19.9 Å². The molecule has 3 N–H and O–H groups in total. The van der Waals surface area contributed by atoms with E-state index < -0.39 is 17.9 Å². The lowest BCUT2D eigenvalue weighted by Gasteiger charge is -2.19. The van der Waals surface area contributed by atoms with E-state index >= 15 is 0 Å². The molecule has 0 aliphatic rings. The second-order valence-corrected chi connectivity index (χ2v) is 5.07. The molecule has 0 radical (unpaired) electrons. The Balaban J connectivity index is 2.91. The van der Waals surface area contributed by atoms with Gasteiger partial charge in [0.15, 0.2) is 0 Å². The van der Waals surface area contributed by atoms with E-state index in [0.29, 0.717) is 5.02 Å². The summed E-state index contributed by atoms with van der Waals surface area (Å²) in [6, 6.07) is 3.78. The van der Waals surface area contributed by atoms with Crippen LogP contribution in [0.1, 0.15) is 24.2 Å². The third-order valence-corrected chi connectivity index (χ3v) is 2.98. The molecule has 98 valence electrons.